The molecule has 0 atom stereocenters. The van der Waals surface area contributed by atoms with Crippen LogP contribution in [0.15, 0.2) is 30.0 Å². The summed E-state index contributed by atoms with van der Waals surface area (Å²) < 4.78 is 4.17. The molecule has 7 nitrogen and oxygen atoms in total. The minimum absolute atomic E-state index is 0.492. The second-order valence-electron chi connectivity index (χ2n) is 6.40. The molecule has 1 fully saturated rings. The molecule has 0 aliphatic carbocycles. The van der Waals surface area contributed by atoms with E-state index in [9.17, 15) is 0 Å². The van der Waals surface area contributed by atoms with Gasteiger partial charge in [0.25, 0.3) is 0 Å². The molecule has 3 aromatic rings. The Hall–Kier alpha value is -2.06. The summed E-state index contributed by atoms with van der Waals surface area (Å²) in [6.45, 7) is 6.89. The van der Waals surface area contributed by atoms with Crippen LogP contribution in [0, 0.1) is 0 Å². The molecule has 0 saturated carbocycles. The van der Waals surface area contributed by atoms with Gasteiger partial charge in [0.2, 0.25) is 0 Å². The average molecular weight is 357 g/mol. The van der Waals surface area contributed by atoms with Gasteiger partial charge in [-0.05, 0) is 38.9 Å². The first kappa shape index (κ1) is 16.4. The van der Waals surface area contributed by atoms with Crippen molar-refractivity contribution in [3.8, 4) is 0 Å². The zero-order valence-corrected chi connectivity index (χ0v) is 15.3. The molecule has 132 valence electrons. The van der Waals surface area contributed by atoms with Gasteiger partial charge in [0.05, 0.1) is 6.54 Å². The number of likely N-dealkylation sites (tertiary alicyclic amines) is 1. The van der Waals surface area contributed by atoms with Gasteiger partial charge in [0, 0.05) is 36.4 Å². The van der Waals surface area contributed by atoms with Gasteiger partial charge >= 0.3 is 0 Å². The predicted molar refractivity (Wildman–Crippen MR) is 96.4 cm³/mol. The summed E-state index contributed by atoms with van der Waals surface area (Å²) in [6.07, 6.45) is 7.91. The monoisotopic (exact) mass is 357 g/mol. The number of hydrogen-bond donors (Lipinski definition) is 0. The summed E-state index contributed by atoms with van der Waals surface area (Å²) in [5.41, 5.74) is 0. The Labute approximate surface area is 151 Å². The van der Waals surface area contributed by atoms with E-state index in [-0.39, 0.29) is 0 Å². The second-order valence-corrected chi connectivity index (χ2v) is 7.38. The summed E-state index contributed by atoms with van der Waals surface area (Å²) in [5, 5.41) is 16.5. The largest absolute Gasteiger partial charge is 0.313 e. The van der Waals surface area contributed by atoms with Gasteiger partial charge in [-0.25, -0.2) is 4.98 Å². The molecule has 1 aliphatic rings. The van der Waals surface area contributed by atoms with Gasteiger partial charge in [-0.15, -0.1) is 21.5 Å². The highest BCUT2D eigenvalue weighted by molar-refractivity contribution is 7.09. The van der Waals surface area contributed by atoms with E-state index in [0.717, 1.165) is 50.7 Å². The first-order valence-corrected chi connectivity index (χ1v) is 9.71. The van der Waals surface area contributed by atoms with Crippen LogP contribution in [0.1, 0.15) is 42.3 Å². The molecule has 25 heavy (non-hydrogen) atoms. The lowest BCUT2D eigenvalue weighted by atomic mass is 9.96. The molecule has 1 saturated heterocycles. The minimum Gasteiger partial charge on any atom is -0.313 e. The molecule has 0 spiro atoms. The average Bonchev–Trinajstić information content (AvgIpc) is 3.38. The summed E-state index contributed by atoms with van der Waals surface area (Å²) in [5.74, 6) is 2.62. The number of rotatable bonds is 6. The third-order valence-electron chi connectivity index (χ3n) is 4.83. The molecule has 0 radical (unpaired) electrons. The quantitative estimate of drug-likeness (QED) is 0.678. The Morgan fingerprint density at radius 1 is 1.16 bits per heavy atom. The van der Waals surface area contributed by atoms with E-state index in [1.54, 1.807) is 17.5 Å². The van der Waals surface area contributed by atoms with Gasteiger partial charge in [0.15, 0.2) is 5.82 Å². The van der Waals surface area contributed by atoms with Crippen LogP contribution in [0.5, 0.6) is 0 Å². The van der Waals surface area contributed by atoms with Gasteiger partial charge in [0.1, 0.15) is 17.4 Å². The Balaban J connectivity index is 1.41. The lowest BCUT2D eigenvalue weighted by Crippen LogP contribution is -2.33. The third-order valence-corrected chi connectivity index (χ3v) is 5.59. The van der Waals surface area contributed by atoms with Crippen LogP contribution >= 0.6 is 11.3 Å². The van der Waals surface area contributed by atoms with Gasteiger partial charge < -0.3 is 4.57 Å². The molecule has 0 N–H and O–H groups in total. The molecule has 0 aromatic carbocycles. The molecule has 3 aromatic heterocycles. The van der Waals surface area contributed by atoms with Crippen molar-refractivity contribution >= 4 is 11.3 Å². The SMILES string of the molecule is CCn1c(Cn2cccn2)nnc1C1CCN(Cc2nccs2)CC1. The summed E-state index contributed by atoms with van der Waals surface area (Å²) in [7, 11) is 0. The van der Waals surface area contributed by atoms with Crippen LogP contribution in [0.25, 0.3) is 0 Å². The highest BCUT2D eigenvalue weighted by Gasteiger charge is 2.26. The molecule has 1 aliphatic heterocycles. The maximum Gasteiger partial charge on any atom is 0.154 e. The number of nitrogens with zero attached hydrogens (tertiary/aromatic N) is 7. The second kappa shape index (κ2) is 7.45. The fourth-order valence-corrected chi connectivity index (χ4v) is 4.18. The Morgan fingerprint density at radius 2 is 2.04 bits per heavy atom. The normalized spacial score (nSPS) is 16.5. The van der Waals surface area contributed by atoms with Crippen LogP contribution < -0.4 is 0 Å². The van der Waals surface area contributed by atoms with Crippen molar-refractivity contribution in [1.29, 1.82) is 0 Å². The third kappa shape index (κ3) is 3.64. The Morgan fingerprint density at radius 3 is 2.72 bits per heavy atom. The van der Waals surface area contributed by atoms with Crippen LogP contribution in [0.2, 0.25) is 0 Å². The molecular formula is C17H23N7S. The molecular weight excluding hydrogens is 334 g/mol. The van der Waals surface area contributed by atoms with Gasteiger partial charge in [-0.2, -0.15) is 5.10 Å². The first-order chi connectivity index (χ1) is 12.3. The summed E-state index contributed by atoms with van der Waals surface area (Å²) >= 11 is 1.74. The van der Waals surface area contributed by atoms with Gasteiger partial charge in [-0.3, -0.25) is 9.58 Å². The number of piperidine rings is 1. The van der Waals surface area contributed by atoms with E-state index in [1.807, 2.05) is 28.5 Å². The van der Waals surface area contributed by atoms with Crippen molar-refractivity contribution in [2.75, 3.05) is 13.1 Å². The molecule has 0 amide bonds. The lowest BCUT2D eigenvalue weighted by Gasteiger charge is -2.31. The van der Waals surface area contributed by atoms with Crippen LogP contribution in [-0.2, 0) is 19.6 Å². The van der Waals surface area contributed by atoms with Gasteiger partial charge in [-0.1, -0.05) is 0 Å². The smallest absolute Gasteiger partial charge is 0.154 e. The summed E-state index contributed by atoms with van der Waals surface area (Å²) in [6, 6.07) is 1.94. The van der Waals surface area contributed by atoms with Crippen molar-refractivity contribution in [2.24, 2.45) is 0 Å². The van der Waals surface area contributed by atoms with E-state index in [1.165, 1.54) is 5.01 Å². The number of aromatic nitrogens is 6. The van der Waals surface area contributed by atoms with Crippen molar-refractivity contribution in [3.63, 3.8) is 0 Å². The maximum absolute atomic E-state index is 4.53. The van der Waals surface area contributed by atoms with Crippen molar-refractivity contribution in [2.45, 2.75) is 45.3 Å². The lowest BCUT2D eigenvalue weighted by molar-refractivity contribution is 0.199. The molecule has 4 rings (SSSR count). The van der Waals surface area contributed by atoms with E-state index >= 15 is 0 Å². The molecule has 0 bridgehead atoms. The van der Waals surface area contributed by atoms with Crippen molar-refractivity contribution in [1.82, 2.24) is 34.4 Å². The first-order valence-electron chi connectivity index (χ1n) is 8.83. The standard InChI is InChI=1S/C17H23N7S/c1-2-24-15(12-23-8-3-6-19-23)20-21-17(24)14-4-9-22(10-5-14)13-16-18-7-11-25-16/h3,6-8,11,14H,2,4-5,9-10,12-13H2,1H3. The number of thiazole rings is 1. The zero-order valence-electron chi connectivity index (χ0n) is 14.5. The van der Waals surface area contributed by atoms with Crippen LogP contribution in [0.4, 0.5) is 0 Å². The molecule has 8 heteroatoms. The fraction of sp³-hybridized carbons (Fsp3) is 0.529. The van der Waals surface area contributed by atoms with Crippen LogP contribution in [0.3, 0.4) is 0 Å². The predicted octanol–water partition coefficient (Wildman–Crippen LogP) is 2.38. The van der Waals surface area contributed by atoms with E-state index in [4.69, 9.17) is 0 Å². The van der Waals surface area contributed by atoms with E-state index in [2.05, 4.69) is 36.7 Å². The van der Waals surface area contributed by atoms with E-state index < -0.39 is 0 Å². The Kier molecular flexibility index (Phi) is 4.89. The molecule has 4 heterocycles. The Bertz CT molecular complexity index is 770. The summed E-state index contributed by atoms with van der Waals surface area (Å²) in [4.78, 5) is 6.89. The molecule has 0 unspecified atom stereocenters. The highest BCUT2D eigenvalue weighted by Crippen LogP contribution is 2.28. The maximum atomic E-state index is 4.53. The minimum atomic E-state index is 0.492. The zero-order chi connectivity index (χ0) is 17.1. The van der Waals surface area contributed by atoms with Crippen molar-refractivity contribution < 1.29 is 0 Å². The fourth-order valence-electron chi connectivity index (χ4n) is 3.52. The highest BCUT2D eigenvalue weighted by atomic mass is 32.1. The van der Waals surface area contributed by atoms with E-state index in [0.29, 0.717) is 12.5 Å². The number of hydrogen-bond acceptors (Lipinski definition) is 6. The topological polar surface area (TPSA) is 64.7 Å². The van der Waals surface area contributed by atoms with Crippen molar-refractivity contribution in [3.05, 3.63) is 46.7 Å². The van der Waals surface area contributed by atoms with Crippen LogP contribution in [-0.4, -0.2) is 47.5 Å².